The largest absolute Gasteiger partial charge is 0.351 e. The van der Waals surface area contributed by atoms with Gasteiger partial charge in [-0.05, 0) is 39.3 Å². The van der Waals surface area contributed by atoms with Gasteiger partial charge in [0.1, 0.15) is 6.04 Å². The predicted molar refractivity (Wildman–Crippen MR) is 110 cm³/mol. The summed E-state index contributed by atoms with van der Waals surface area (Å²) in [4.78, 5) is 47.5. The molecule has 2 amide bonds. The highest BCUT2D eigenvalue weighted by Gasteiger charge is 2.64. The van der Waals surface area contributed by atoms with Gasteiger partial charge < -0.3 is 4.90 Å². The van der Waals surface area contributed by atoms with Gasteiger partial charge in [-0.2, -0.15) is 0 Å². The molecule has 6 nitrogen and oxygen atoms in total. The van der Waals surface area contributed by atoms with E-state index in [0.29, 0.717) is 0 Å². The van der Waals surface area contributed by atoms with Gasteiger partial charge in [0.2, 0.25) is 11.8 Å². The number of benzene rings is 1. The van der Waals surface area contributed by atoms with Crippen LogP contribution in [0.2, 0.25) is 0 Å². The maximum atomic E-state index is 13.4. The topological polar surface area (TPSA) is 70.6 Å². The molecule has 148 valence electrons. The van der Waals surface area contributed by atoms with Gasteiger partial charge in [-0.3, -0.25) is 24.3 Å². The second kappa shape index (κ2) is 5.75. The van der Waals surface area contributed by atoms with Crippen molar-refractivity contribution in [2.24, 2.45) is 11.8 Å². The molecule has 2 saturated heterocycles. The first kappa shape index (κ1) is 18.0. The summed E-state index contributed by atoms with van der Waals surface area (Å²) in [5.41, 5.74) is 1.97. The van der Waals surface area contributed by atoms with Crippen LogP contribution in [-0.2, 0) is 14.4 Å². The fourth-order valence-corrected chi connectivity index (χ4v) is 5.30. The number of aromatic nitrogens is 1. The van der Waals surface area contributed by atoms with E-state index in [1.807, 2.05) is 62.1 Å². The smallest absolute Gasteiger partial charge is 0.236 e. The van der Waals surface area contributed by atoms with E-state index < -0.39 is 23.4 Å². The average molecular weight is 389 g/mol. The Morgan fingerprint density at radius 1 is 1.07 bits per heavy atom. The van der Waals surface area contributed by atoms with Gasteiger partial charge in [0.25, 0.3) is 0 Å². The molecule has 0 saturated carbocycles. The summed E-state index contributed by atoms with van der Waals surface area (Å²) in [5, 5.41) is 0.966. The standard InChI is InChI=1S/C23H23N3O3/c1-12(27)19-17-16(21(28)26(22(17)29)23(2,3)4)15-10-9-14-8-7-13-6-5-11-24-18(13)20(14)25(15)19/h5-11,15-17,19H,1-4H3/t15-,16-,17+,19-/m1/s1. The van der Waals surface area contributed by atoms with Gasteiger partial charge in [0, 0.05) is 17.1 Å². The molecule has 0 aliphatic carbocycles. The van der Waals surface area contributed by atoms with Crippen LogP contribution in [0, 0.1) is 11.8 Å². The molecule has 4 atom stereocenters. The third-order valence-electron chi connectivity index (χ3n) is 6.32. The highest BCUT2D eigenvalue weighted by atomic mass is 16.2. The molecule has 5 rings (SSSR count). The molecule has 2 aromatic rings. The number of carbonyl (C=O) groups excluding carboxylic acids is 3. The number of likely N-dealkylation sites (tertiary alicyclic amines) is 1. The lowest BCUT2D eigenvalue weighted by Crippen LogP contribution is -2.52. The summed E-state index contributed by atoms with van der Waals surface area (Å²) in [6.45, 7) is 7.08. The van der Waals surface area contributed by atoms with Crippen LogP contribution >= 0.6 is 0 Å². The molecular weight excluding hydrogens is 366 g/mol. The number of amides is 2. The van der Waals surface area contributed by atoms with Crippen LogP contribution in [-0.4, -0.2) is 45.1 Å². The van der Waals surface area contributed by atoms with Crippen LogP contribution in [0.4, 0.5) is 5.69 Å². The van der Waals surface area contributed by atoms with Gasteiger partial charge in [0.15, 0.2) is 5.78 Å². The quantitative estimate of drug-likeness (QED) is 0.702. The molecule has 3 aliphatic heterocycles. The zero-order valence-corrected chi connectivity index (χ0v) is 16.9. The number of carbonyl (C=O) groups is 3. The Balaban J connectivity index is 1.73. The third kappa shape index (κ3) is 2.29. The van der Waals surface area contributed by atoms with E-state index in [1.54, 1.807) is 6.20 Å². The fourth-order valence-electron chi connectivity index (χ4n) is 5.30. The molecule has 3 aliphatic rings. The number of fused-ring (bicyclic) bond motifs is 7. The van der Waals surface area contributed by atoms with E-state index in [9.17, 15) is 14.4 Å². The summed E-state index contributed by atoms with van der Waals surface area (Å²) in [6, 6.07) is 6.85. The normalized spacial score (nSPS) is 28.0. The van der Waals surface area contributed by atoms with Crippen LogP contribution in [0.5, 0.6) is 0 Å². The number of rotatable bonds is 1. The molecule has 4 heterocycles. The molecular formula is C23H23N3O3. The molecule has 0 bridgehead atoms. The van der Waals surface area contributed by atoms with Crippen molar-refractivity contribution < 1.29 is 14.4 Å². The Morgan fingerprint density at radius 3 is 2.48 bits per heavy atom. The Morgan fingerprint density at radius 2 is 1.79 bits per heavy atom. The first-order valence-corrected chi connectivity index (χ1v) is 9.94. The summed E-state index contributed by atoms with van der Waals surface area (Å²) in [5.74, 6) is -1.76. The van der Waals surface area contributed by atoms with E-state index >= 15 is 0 Å². The van der Waals surface area contributed by atoms with Crippen molar-refractivity contribution in [3.8, 4) is 0 Å². The monoisotopic (exact) mass is 389 g/mol. The first-order valence-electron chi connectivity index (χ1n) is 9.94. The fraction of sp³-hybridized carbons (Fsp3) is 0.391. The van der Waals surface area contributed by atoms with Crippen molar-refractivity contribution in [2.75, 3.05) is 4.90 Å². The summed E-state index contributed by atoms with van der Waals surface area (Å²) in [7, 11) is 0. The molecule has 0 unspecified atom stereocenters. The zero-order valence-electron chi connectivity index (χ0n) is 16.9. The number of anilines is 1. The molecule has 29 heavy (non-hydrogen) atoms. The lowest BCUT2D eigenvalue weighted by Gasteiger charge is -2.38. The third-order valence-corrected chi connectivity index (χ3v) is 6.32. The molecule has 6 heteroatoms. The molecule has 1 aromatic carbocycles. The number of nitrogens with zero attached hydrogens (tertiary/aromatic N) is 3. The highest BCUT2D eigenvalue weighted by molar-refractivity contribution is 6.12. The molecule has 1 aromatic heterocycles. The van der Waals surface area contributed by atoms with E-state index in [2.05, 4.69) is 4.98 Å². The number of imide groups is 1. The van der Waals surface area contributed by atoms with Gasteiger partial charge in [0.05, 0.1) is 29.1 Å². The molecule has 0 spiro atoms. The second-order valence-electron chi connectivity index (χ2n) is 9.13. The summed E-state index contributed by atoms with van der Waals surface area (Å²) in [6.07, 6.45) is 5.68. The van der Waals surface area contributed by atoms with E-state index in [1.165, 1.54) is 11.8 Å². The van der Waals surface area contributed by atoms with Crippen molar-refractivity contribution in [2.45, 2.75) is 45.3 Å². The van der Waals surface area contributed by atoms with Crippen molar-refractivity contribution in [3.63, 3.8) is 0 Å². The van der Waals surface area contributed by atoms with Gasteiger partial charge in [-0.15, -0.1) is 0 Å². The Labute approximate surface area is 169 Å². The average Bonchev–Trinajstić information content (AvgIpc) is 3.14. The van der Waals surface area contributed by atoms with Gasteiger partial charge >= 0.3 is 0 Å². The summed E-state index contributed by atoms with van der Waals surface area (Å²) >= 11 is 0. The van der Waals surface area contributed by atoms with E-state index in [0.717, 1.165) is 22.2 Å². The highest BCUT2D eigenvalue weighted by Crippen LogP contribution is 2.50. The predicted octanol–water partition coefficient (Wildman–Crippen LogP) is 2.81. The molecule has 0 N–H and O–H groups in total. The van der Waals surface area contributed by atoms with E-state index in [-0.39, 0.29) is 23.6 Å². The molecule has 0 radical (unpaired) electrons. The number of ketones is 1. The minimum absolute atomic E-state index is 0.103. The Bertz CT molecular complexity index is 1110. The van der Waals surface area contributed by atoms with Crippen molar-refractivity contribution in [1.82, 2.24) is 9.88 Å². The number of hydrogen-bond acceptors (Lipinski definition) is 5. The van der Waals surface area contributed by atoms with Crippen molar-refractivity contribution in [1.29, 1.82) is 0 Å². The van der Waals surface area contributed by atoms with Crippen LogP contribution in [0.15, 0.2) is 36.5 Å². The van der Waals surface area contributed by atoms with E-state index in [4.69, 9.17) is 0 Å². The summed E-state index contributed by atoms with van der Waals surface area (Å²) < 4.78 is 0. The van der Waals surface area contributed by atoms with Crippen molar-refractivity contribution in [3.05, 3.63) is 42.1 Å². The van der Waals surface area contributed by atoms with Gasteiger partial charge in [-0.1, -0.05) is 30.4 Å². The Kier molecular flexibility index (Phi) is 3.58. The zero-order chi connectivity index (χ0) is 20.7. The maximum absolute atomic E-state index is 13.4. The van der Waals surface area contributed by atoms with Crippen LogP contribution in [0.3, 0.4) is 0 Å². The van der Waals surface area contributed by atoms with Crippen LogP contribution < -0.4 is 4.90 Å². The number of hydrogen-bond donors (Lipinski definition) is 0. The first-order chi connectivity index (χ1) is 13.7. The lowest BCUT2D eigenvalue weighted by atomic mass is 9.88. The Hall–Kier alpha value is -3.02. The van der Waals surface area contributed by atoms with Crippen LogP contribution in [0.1, 0.15) is 33.3 Å². The SMILES string of the molecule is CC(=O)[C@@H]1[C@H]2C(=O)N(C(C)(C)C)C(=O)[C@@H]2[C@H]2C=Cc3ccc4cccnc4c3N21. The van der Waals surface area contributed by atoms with Gasteiger partial charge in [-0.25, -0.2) is 0 Å². The maximum Gasteiger partial charge on any atom is 0.236 e. The van der Waals surface area contributed by atoms with Crippen LogP contribution in [0.25, 0.3) is 17.0 Å². The number of pyridine rings is 1. The second-order valence-corrected chi connectivity index (χ2v) is 9.13. The number of Topliss-reactive ketones (excluding diaryl/α,β-unsaturated/α-hetero) is 1. The van der Waals surface area contributed by atoms with Crippen molar-refractivity contribution >= 4 is 40.3 Å². The molecule has 2 fully saturated rings. The minimum Gasteiger partial charge on any atom is -0.351 e. The minimum atomic E-state index is -0.676. The lowest BCUT2D eigenvalue weighted by molar-refractivity contribution is -0.146.